The molecule has 0 bridgehead atoms. The van der Waals surface area contributed by atoms with Crippen molar-refractivity contribution in [3.63, 3.8) is 0 Å². The van der Waals surface area contributed by atoms with E-state index in [1.807, 2.05) is 18.2 Å². The van der Waals surface area contributed by atoms with E-state index in [1.54, 1.807) is 0 Å². The van der Waals surface area contributed by atoms with Crippen LogP contribution in [-0.2, 0) is 6.42 Å². The molecule has 0 amide bonds. The summed E-state index contributed by atoms with van der Waals surface area (Å²) >= 11 is 0. The van der Waals surface area contributed by atoms with Crippen LogP contribution in [0.2, 0.25) is 0 Å². The van der Waals surface area contributed by atoms with Crippen molar-refractivity contribution in [1.29, 1.82) is 0 Å². The first-order chi connectivity index (χ1) is 10.2. The molecule has 21 heavy (non-hydrogen) atoms. The second kappa shape index (κ2) is 6.00. The minimum atomic E-state index is 0.827. The predicted octanol–water partition coefficient (Wildman–Crippen LogP) is 4.49. The maximum Gasteiger partial charge on any atom is 0.195 e. The summed E-state index contributed by atoms with van der Waals surface area (Å²) in [5.41, 5.74) is 5.43. The van der Waals surface area contributed by atoms with Gasteiger partial charge >= 0.3 is 0 Å². The second-order valence-electron chi connectivity index (χ2n) is 5.43. The minimum Gasteiger partial charge on any atom is -0.440 e. The van der Waals surface area contributed by atoms with E-state index in [1.165, 1.54) is 5.56 Å². The van der Waals surface area contributed by atoms with Gasteiger partial charge in [-0.15, -0.1) is 0 Å². The maximum absolute atomic E-state index is 5.87. The molecule has 0 aliphatic heterocycles. The van der Waals surface area contributed by atoms with E-state index in [4.69, 9.17) is 4.42 Å². The normalized spacial score (nSPS) is 11.0. The van der Waals surface area contributed by atoms with Gasteiger partial charge in [-0.2, -0.15) is 0 Å². The minimum absolute atomic E-state index is 0.827. The number of rotatable bonds is 5. The van der Waals surface area contributed by atoms with E-state index in [9.17, 15) is 0 Å². The van der Waals surface area contributed by atoms with E-state index in [-0.39, 0.29) is 0 Å². The van der Waals surface area contributed by atoms with Crippen molar-refractivity contribution in [2.75, 3.05) is 11.9 Å². The van der Waals surface area contributed by atoms with Gasteiger partial charge in [0.15, 0.2) is 11.5 Å². The summed E-state index contributed by atoms with van der Waals surface area (Å²) in [5, 5.41) is 3.40. The van der Waals surface area contributed by atoms with Crippen molar-refractivity contribution >= 4 is 16.8 Å². The molecular weight excluding hydrogens is 260 g/mol. The monoisotopic (exact) mass is 280 g/mol. The van der Waals surface area contributed by atoms with Crippen LogP contribution in [0.4, 0.5) is 5.69 Å². The van der Waals surface area contributed by atoms with E-state index < -0.39 is 0 Å². The topological polar surface area (TPSA) is 38.1 Å². The Bertz CT molecular complexity index is 732. The molecule has 3 heteroatoms. The van der Waals surface area contributed by atoms with E-state index in [0.717, 1.165) is 47.6 Å². The molecule has 108 valence electrons. The molecule has 0 saturated heterocycles. The Labute approximate surface area is 125 Å². The number of fused-ring (bicyclic) bond motifs is 1. The van der Waals surface area contributed by atoms with Crippen LogP contribution in [0.5, 0.6) is 0 Å². The van der Waals surface area contributed by atoms with Gasteiger partial charge in [0, 0.05) is 18.7 Å². The Balaban J connectivity index is 1.59. The number of aryl methyl sites for hydroxylation is 3. The van der Waals surface area contributed by atoms with Crippen molar-refractivity contribution in [2.45, 2.75) is 26.7 Å². The van der Waals surface area contributed by atoms with Crippen LogP contribution in [-0.4, -0.2) is 11.5 Å². The van der Waals surface area contributed by atoms with Gasteiger partial charge in [-0.05, 0) is 49.6 Å². The lowest BCUT2D eigenvalue weighted by Crippen LogP contribution is -2.02. The molecule has 0 saturated carbocycles. The van der Waals surface area contributed by atoms with Gasteiger partial charge in [-0.1, -0.05) is 24.3 Å². The first kappa shape index (κ1) is 13.7. The SMILES string of the molecule is Cc1cc(C)c2oc(CCCNc3ccccc3)nc2c1. The average molecular weight is 280 g/mol. The zero-order chi connectivity index (χ0) is 14.7. The standard InChI is InChI=1S/C18H20N2O/c1-13-11-14(2)18-16(12-13)20-17(21-18)9-6-10-19-15-7-4-3-5-8-15/h3-5,7-8,11-12,19H,6,9-10H2,1-2H3. The maximum atomic E-state index is 5.87. The van der Waals surface area contributed by atoms with Crippen LogP contribution in [0.15, 0.2) is 46.9 Å². The summed E-state index contributed by atoms with van der Waals surface area (Å²) in [6.45, 7) is 5.08. The van der Waals surface area contributed by atoms with Crippen LogP contribution >= 0.6 is 0 Å². The highest BCUT2D eigenvalue weighted by Gasteiger charge is 2.08. The number of nitrogens with zero attached hydrogens (tertiary/aromatic N) is 1. The Morgan fingerprint density at radius 3 is 2.71 bits per heavy atom. The van der Waals surface area contributed by atoms with Gasteiger partial charge in [0.25, 0.3) is 0 Å². The quantitative estimate of drug-likeness (QED) is 0.700. The number of anilines is 1. The highest BCUT2D eigenvalue weighted by molar-refractivity contribution is 5.77. The summed E-state index contributed by atoms with van der Waals surface area (Å²) in [5.74, 6) is 0.827. The number of benzene rings is 2. The smallest absolute Gasteiger partial charge is 0.195 e. The fraction of sp³-hybridized carbons (Fsp3) is 0.278. The van der Waals surface area contributed by atoms with Gasteiger partial charge in [-0.3, -0.25) is 0 Å². The number of para-hydroxylation sites is 1. The molecule has 3 aromatic rings. The molecule has 0 atom stereocenters. The van der Waals surface area contributed by atoms with Gasteiger partial charge in [0.05, 0.1) is 0 Å². The molecule has 2 aromatic carbocycles. The van der Waals surface area contributed by atoms with Gasteiger partial charge in [0.2, 0.25) is 0 Å². The Morgan fingerprint density at radius 1 is 1.10 bits per heavy atom. The van der Waals surface area contributed by atoms with Crippen molar-refractivity contribution in [3.8, 4) is 0 Å². The Morgan fingerprint density at radius 2 is 1.90 bits per heavy atom. The Hall–Kier alpha value is -2.29. The number of oxazole rings is 1. The first-order valence-electron chi connectivity index (χ1n) is 7.38. The van der Waals surface area contributed by atoms with Crippen LogP contribution in [0, 0.1) is 13.8 Å². The van der Waals surface area contributed by atoms with E-state index in [0.29, 0.717) is 0 Å². The molecule has 0 fully saturated rings. The fourth-order valence-corrected chi connectivity index (χ4v) is 2.56. The molecule has 0 unspecified atom stereocenters. The number of hydrogen-bond donors (Lipinski definition) is 1. The van der Waals surface area contributed by atoms with Crippen molar-refractivity contribution in [1.82, 2.24) is 4.98 Å². The van der Waals surface area contributed by atoms with Gasteiger partial charge in [0.1, 0.15) is 5.52 Å². The first-order valence-corrected chi connectivity index (χ1v) is 7.38. The molecule has 3 rings (SSSR count). The van der Waals surface area contributed by atoms with Crippen LogP contribution in [0.3, 0.4) is 0 Å². The van der Waals surface area contributed by atoms with Crippen LogP contribution < -0.4 is 5.32 Å². The summed E-state index contributed by atoms with van der Waals surface area (Å²) < 4.78 is 5.87. The van der Waals surface area contributed by atoms with Gasteiger partial charge < -0.3 is 9.73 Å². The summed E-state index contributed by atoms with van der Waals surface area (Å²) in [6, 6.07) is 14.5. The molecule has 1 aromatic heterocycles. The molecular formula is C18H20N2O. The van der Waals surface area contributed by atoms with Crippen LogP contribution in [0.1, 0.15) is 23.4 Å². The summed E-state index contributed by atoms with van der Waals surface area (Å²) in [6.07, 6.45) is 1.85. The molecule has 0 radical (unpaired) electrons. The summed E-state index contributed by atoms with van der Waals surface area (Å²) in [4.78, 5) is 4.58. The lowest BCUT2D eigenvalue weighted by atomic mass is 10.1. The molecule has 0 aliphatic carbocycles. The summed E-state index contributed by atoms with van der Waals surface area (Å²) in [7, 11) is 0. The lowest BCUT2D eigenvalue weighted by molar-refractivity contribution is 0.521. The number of aromatic nitrogens is 1. The number of nitrogens with one attached hydrogen (secondary N) is 1. The average Bonchev–Trinajstić information content (AvgIpc) is 2.88. The molecule has 0 aliphatic rings. The molecule has 1 N–H and O–H groups in total. The van der Waals surface area contributed by atoms with Gasteiger partial charge in [-0.25, -0.2) is 4.98 Å². The third kappa shape index (κ3) is 3.24. The third-order valence-corrected chi connectivity index (χ3v) is 3.53. The van der Waals surface area contributed by atoms with Crippen molar-refractivity contribution < 1.29 is 4.42 Å². The van der Waals surface area contributed by atoms with E-state index >= 15 is 0 Å². The molecule has 1 heterocycles. The number of hydrogen-bond acceptors (Lipinski definition) is 3. The lowest BCUT2D eigenvalue weighted by Gasteiger charge is -2.04. The Kier molecular flexibility index (Phi) is 3.91. The fourth-order valence-electron chi connectivity index (χ4n) is 2.56. The largest absolute Gasteiger partial charge is 0.440 e. The highest BCUT2D eigenvalue weighted by Crippen LogP contribution is 2.22. The zero-order valence-corrected chi connectivity index (χ0v) is 12.5. The molecule has 0 spiro atoms. The van der Waals surface area contributed by atoms with Crippen molar-refractivity contribution in [3.05, 3.63) is 59.5 Å². The van der Waals surface area contributed by atoms with Crippen molar-refractivity contribution in [2.24, 2.45) is 0 Å². The highest BCUT2D eigenvalue weighted by atomic mass is 16.3. The van der Waals surface area contributed by atoms with E-state index in [2.05, 4.69) is 48.4 Å². The van der Waals surface area contributed by atoms with Crippen LogP contribution in [0.25, 0.3) is 11.1 Å². The predicted molar refractivity (Wildman–Crippen MR) is 86.7 cm³/mol. The zero-order valence-electron chi connectivity index (χ0n) is 12.5. The molecule has 3 nitrogen and oxygen atoms in total. The third-order valence-electron chi connectivity index (χ3n) is 3.53. The second-order valence-corrected chi connectivity index (χ2v) is 5.43.